The van der Waals surface area contributed by atoms with Crippen molar-refractivity contribution in [3.8, 4) is 0 Å². The summed E-state index contributed by atoms with van der Waals surface area (Å²) in [6.45, 7) is 0. The Morgan fingerprint density at radius 2 is 1.60 bits per heavy atom. The molecule has 0 radical (unpaired) electrons. The lowest BCUT2D eigenvalue weighted by atomic mass is 10.2. The van der Waals surface area contributed by atoms with Gasteiger partial charge in [-0.05, 0) is 66.7 Å². The van der Waals surface area contributed by atoms with Crippen molar-refractivity contribution in [1.29, 1.82) is 0 Å². The van der Waals surface area contributed by atoms with Crippen LogP contribution in [0.1, 0.15) is 10.4 Å². The molecule has 1 amide bonds. The van der Waals surface area contributed by atoms with E-state index in [0.717, 1.165) is 17.8 Å². The normalized spacial score (nSPS) is 11.1. The summed E-state index contributed by atoms with van der Waals surface area (Å²) in [4.78, 5) is 14.4. The van der Waals surface area contributed by atoms with Crippen molar-refractivity contribution >= 4 is 44.6 Å². The van der Waals surface area contributed by atoms with Crippen molar-refractivity contribution in [1.82, 2.24) is 0 Å². The average Bonchev–Trinajstić information content (AvgIpc) is 2.68. The lowest BCUT2D eigenvalue weighted by Gasteiger charge is -2.18. The number of carbonyl (C=O) groups excluding carboxylic acids is 1. The van der Waals surface area contributed by atoms with E-state index in [4.69, 9.17) is 11.6 Å². The molecule has 0 aromatic heterocycles. The number of benzene rings is 3. The minimum absolute atomic E-state index is 0.0668. The van der Waals surface area contributed by atoms with Gasteiger partial charge < -0.3 is 10.2 Å². The highest BCUT2D eigenvalue weighted by Crippen LogP contribution is 2.28. The van der Waals surface area contributed by atoms with Gasteiger partial charge in [-0.2, -0.15) is 0 Å². The molecule has 0 aliphatic rings. The first-order valence-corrected chi connectivity index (χ1v) is 10.7. The van der Waals surface area contributed by atoms with Crippen molar-refractivity contribution in [3.63, 3.8) is 0 Å². The predicted octanol–water partition coefficient (Wildman–Crippen LogP) is 4.60. The van der Waals surface area contributed by atoms with E-state index >= 15 is 0 Å². The van der Waals surface area contributed by atoms with E-state index in [2.05, 4.69) is 10.0 Å². The Morgan fingerprint density at radius 3 is 2.20 bits per heavy atom. The Balaban J connectivity index is 1.75. The summed E-state index contributed by atoms with van der Waals surface area (Å²) in [7, 11) is -0.173. The summed E-state index contributed by atoms with van der Waals surface area (Å²) in [5, 5.41) is 3.30. The van der Waals surface area contributed by atoms with Gasteiger partial charge in [0.2, 0.25) is 0 Å². The first kappa shape index (κ1) is 21.6. The fourth-order valence-corrected chi connectivity index (χ4v) is 3.94. The minimum Gasteiger partial charge on any atom is -0.376 e. The van der Waals surface area contributed by atoms with E-state index in [0.29, 0.717) is 16.3 Å². The third-order valence-corrected chi connectivity index (χ3v) is 5.84. The van der Waals surface area contributed by atoms with Crippen LogP contribution in [-0.4, -0.2) is 28.4 Å². The molecule has 6 nitrogen and oxygen atoms in total. The molecule has 0 atom stereocenters. The summed E-state index contributed by atoms with van der Waals surface area (Å²) in [6, 6.07) is 15.6. The number of nitrogens with zero attached hydrogens (tertiary/aromatic N) is 1. The zero-order valence-corrected chi connectivity index (χ0v) is 17.8. The average molecular weight is 448 g/mol. The number of hydrogen-bond acceptors (Lipinski definition) is 4. The maximum Gasteiger partial charge on any atom is 0.261 e. The quantitative estimate of drug-likeness (QED) is 0.579. The van der Waals surface area contributed by atoms with Crippen LogP contribution in [0.2, 0.25) is 5.02 Å². The topological polar surface area (TPSA) is 78.5 Å². The smallest absolute Gasteiger partial charge is 0.261 e. The zero-order valence-electron chi connectivity index (χ0n) is 16.2. The molecule has 0 spiro atoms. The Labute approximate surface area is 179 Å². The van der Waals surface area contributed by atoms with E-state index in [1.165, 1.54) is 36.4 Å². The SMILES string of the molecule is CN(C)c1ccc(Cl)cc1NC(=O)c1ccc(NS(=O)(=O)c2ccc(F)cc2)cc1. The second-order valence-electron chi connectivity index (χ2n) is 6.65. The first-order chi connectivity index (χ1) is 14.2. The molecule has 2 N–H and O–H groups in total. The Hall–Kier alpha value is -3.10. The number of rotatable bonds is 6. The maximum absolute atomic E-state index is 13.0. The van der Waals surface area contributed by atoms with Gasteiger partial charge in [-0.3, -0.25) is 9.52 Å². The first-order valence-electron chi connectivity index (χ1n) is 8.82. The molecule has 0 bridgehead atoms. The Bertz CT molecular complexity index is 1170. The highest BCUT2D eigenvalue weighted by Gasteiger charge is 2.15. The monoisotopic (exact) mass is 447 g/mol. The standard InChI is InChI=1S/C21H19ClFN3O3S/c1-26(2)20-12-5-15(22)13-19(20)24-21(27)14-3-8-17(9-4-14)25-30(28,29)18-10-6-16(23)7-11-18/h3-13,25H,1-2H3,(H,24,27). The number of amides is 1. The van der Waals surface area contributed by atoms with Crippen molar-refractivity contribution in [2.45, 2.75) is 4.90 Å². The molecule has 0 unspecified atom stereocenters. The van der Waals surface area contributed by atoms with Crippen LogP contribution in [0.4, 0.5) is 21.5 Å². The van der Waals surface area contributed by atoms with Gasteiger partial charge in [0.25, 0.3) is 15.9 Å². The molecule has 0 heterocycles. The molecular formula is C21H19ClFN3O3S. The van der Waals surface area contributed by atoms with Crippen molar-refractivity contribution in [2.75, 3.05) is 29.0 Å². The molecule has 0 aliphatic heterocycles. The molecule has 3 rings (SSSR count). The summed E-state index contributed by atoms with van der Waals surface area (Å²) < 4.78 is 40.2. The summed E-state index contributed by atoms with van der Waals surface area (Å²) in [5.41, 5.74) is 1.95. The molecule has 0 saturated heterocycles. The van der Waals surface area contributed by atoms with Gasteiger partial charge in [0, 0.05) is 30.4 Å². The van der Waals surface area contributed by atoms with E-state index in [9.17, 15) is 17.6 Å². The van der Waals surface area contributed by atoms with E-state index in [1.807, 2.05) is 19.0 Å². The lowest BCUT2D eigenvalue weighted by Crippen LogP contribution is -2.17. The van der Waals surface area contributed by atoms with E-state index in [1.54, 1.807) is 18.2 Å². The molecule has 0 fully saturated rings. The number of carbonyl (C=O) groups is 1. The highest BCUT2D eigenvalue weighted by molar-refractivity contribution is 7.92. The van der Waals surface area contributed by atoms with Crippen LogP contribution in [0.25, 0.3) is 0 Å². The van der Waals surface area contributed by atoms with Crippen molar-refractivity contribution in [2.24, 2.45) is 0 Å². The molecule has 0 saturated carbocycles. The third kappa shape index (κ3) is 5.08. The van der Waals surface area contributed by atoms with Crippen LogP contribution < -0.4 is 14.9 Å². The fourth-order valence-electron chi connectivity index (χ4n) is 2.71. The lowest BCUT2D eigenvalue weighted by molar-refractivity contribution is 0.102. The van der Waals surface area contributed by atoms with Crippen LogP contribution in [0.5, 0.6) is 0 Å². The Morgan fingerprint density at radius 1 is 0.967 bits per heavy atom. The molecule has 30 heavy (non-hydrogen) atoms. The van der Waals surface area contributed by atoms with Gasteiger partial charge in [0.1, 0.15) is 5.82 Å². The van der Waals surface area contributed by atoms with Crippen LogP contribution >= 0.6 is 11.6 Å². The molecule has 3 aromatic carbocycles. The fraction of sp³-hybridized carbons (Fsp3) is 0.0952. The van der Waals surface area contributed by atoms with Crippen LogP contribution in [0.15, 0.2) is 71.6 Å². The molecule has 9 heteroatoms. The number of halogens is 2. The third-order valence-electron chi connectivity index (χ3n) is 4.21. The summed E-state index contributed by atoms with van der Waals surface area (Å²) >= 11 is 6.04. The highest BCUT2D eigenvalue weighted by atomic mass is 35.5. The second-order valence-corrected chi connectivity index (χ2v) is 8.77. The van der Waals surface area contributed by atoms with Crippen molar-refractivity contribution < 1.29 is 17.6 Å². The number of sulfonamides is 1. The second kappa shape index (κ2) is 8.73. The maximum atomic E-state index is 13.0. The van der Waals surface area contributed by atoms with Gasteiger partial charge in [0.05, 0.1) is 16.3 Å². The number of nitrogens with one attached hydrogen (secondary N) is 2. The van der Waals surface area contributed by atoms with Crippen LogP contribution in [0, 0.1) is 5.82 Å². The summed E-state index contributed by atoms with van der Waals surface area (Å²) in [5.74, 6) is -0.894. The van der Waals surface area contributed by atoms with Crippen LogP contribution in [0.3, 0.4) is 0 Å². The molecule has 0 aliphatic carbocycles. The van der Waals surface area contributed by atoms with Gasteiger partial charge in [-0.25, -0.2) is 12.8 Å². The summed E-state index contributed by atoms with van der Waals surface area (Å²) in [6.07, 6.45) is 0. The number of hydrogen-bond donors (Lipinski definition) is 2. The molecular weight excluding hydrogens is 429 g/mol. The molecule has 156 valence electrons. The predicted molar refractivity (Wildman–Crippen MR) is 117 cm³/mol. The zero-order chi connectivity index (χ0) is 21.9. The van der Waals surface area contributed by atoms with Gasteiger partial charge in [-0.15, -0.1) is 0 Å². The Kier molecular flexibility index (Phi) is 6.28. The van der Waals surface area contributed by atoms with E-state index < -0.39 is 15.8 Å². The largest absolute Gasteiger partial charge is 0.376 e. The van der Waals surface area contributed by atoms with Gasteiger partial charge in [-0.1, -0.05) is 11.6 Å². The van der Waals surface area contributed by atoms with E-state index in [-0.39, 0.29) is 16.5 Å². The number of anilines is 3. The minimum atomic E-state index is -3.87. The van der Waals surface area contributed by atoms with Crippen molar-refractivity contribution in [3.05, 3.63) is 83.1 Å². The van der Waals surface area contributed by atoms with Gasteiger partial charge >= 0.3 is 0 Å². The van der Waals surface area contributed by atoms with Crippen LogP contribution in [-0.2, 0) is 10.0 Å². The molecule has 3 aromatic rings. The van der Waals surface area contributed by atoms with Gasteiger partial charge in [0.15, 0.2) is 0 Å².